The Morgan fingerprint density at radius 1 is 1.44 bits per heavy atom. The minimum Gasteiger partial charge on any atom is -0.396 e. The van der Waals surface area contributed by atoms with Crippen LogP contribution in [0.5, 0.6) is 0 Å². The Morgan fingerprint density at radius 3 is 2.56 bits per heavy atom. The van der Waals surface area contributed by atoms with Gasteiger partial charge in [-0.25, -0.2) is 0 Å². The summed E-state index contributed by atoms with van der Waals surface area (Å²) in [5.41, 5.74) is 0.551. The summed E-state index contributed by atoms with van der Waals surface area (Å²) in [5.74, 6) is 5.28. The zero-order chi connectivity index (χ0) is 5.80. The van der Waals surface area contributed by atoms with Crippen LogP contribution in [-0.2, 0) is 0 Å². The minimum absolute atomic E-state index is 0.514. The van der Waals surface area contributed by atoms with Gasteiger partial charge in [-0.15, -0.1) is 0 Å². The third-order valence-corrected chi connectivity index (χ3v) is 4.70. The van der Waals surface area contributed by atoms with Gasteiger partial charge in [0.15, 0.2) is 0 Å². The lowest BCUT2D eigenvalue weighted by Crippen LogP contribution is -2.22. The van der Waals surface area contributed by atoms with E-state index in [4.69, 9.17) is 5.11 Å². The maximum atomic E-state index is 9.08. The van der Waals surface area contributed by atoms with Gasteiger partial charge < -0.3 is 5.11 Å². The predicted molar refractivity (Wildman–Crippen MR) is 31.6 cm³/mol. The van der Waals surface area contributed by atoms with Crippen LogP contribution >= 0.6 is 0 Å². The molecule has 6 unspecified atom stereocenters. The molecule has 5 rings (SSSR count). The van der Waals surface area contributed by atoms with E-state index in [0.717, 1.165) is 29.6 Å². The summed E-state index contributed by atoms with van der Waals surface area (Å²) >= 11 is 0. The zero-order valence-corrected chi connectivity index (χ0v) is 5.25. The summed E-state index contributed by atoms with van der Waals surface area (Å²) in [7, 11) is 0. The molecule has 1 N–H and O–H groups in total. The Bertz CT molecular complexity index is 192. The third kappa shape index (κ3) is 0.169. The number of aliphatic hydroxyl groups is 1. The maximum absolute atomic E-state index is 9.08. The number of hydrogen-bond acceptors (Lipinski definition) is 1. The second-order valence-electron chi connectivity index (χ2n) is 4.41. The van der Waals surface area contributed by atoms with E-state index in [9.17, 15) is 0 Å². The molecule has 1 nitrogen and oxygen atoms in total. The lowest BCUT2D eigenvalue weighted by molar-refractivity contribution is 0.129. The van der Waals surface area contributed by atoms with Crippen molar-refractivity contribution in [1.29, 1.82) is 0 Å². The molecule has 1 heteroatoms. The smallest absolute Gasteiger partial charge is 0.0495 e. The molecule has 5 fully saturated rings. The van der Waals surface area contributed by atoms with E-state index in [2.05, 4.69) is 0 Å². The van der Waals surface area contributed by atoms with Gasteiger partial charge in [0.1, 0.15) is 0 Å². The molecule has 0 radical (unpaired) electrons. The normalized spacial score (nSPS) is 85.7. The van der Waals surface area contributed by atoms with Crippen molar-refractivity contribution in [2.75, 3.05) is 6.61 Å². The fourth-order valence-electron chi connectivity index (χ4n) is 4.49. The molecular weight excluding hydrogens is 112 g/mol. The fourth-order valence-corrected chi connectivity index (χ4v) is 4.49. The van der Waals surface area contributed by atoms with Crippen molar-refractivity contribution in [3.05, 3.63) is 0 Å². The molecule has 5 saturated carbocycles. The first kappa shape index (κ1) is 3.97. The van der Waals surface area contributed by atoms with Gasteiger partial charge in [0.2, 0.25) is 0 Å². The highest BCUT2D eigenvalue weighted by Gasteiger charge is 2.96. The Morgan fingerprint density at radius 2 is 2.33 bits per heavy atom. The van der Waals surface area contributed by atoms with Crippen LogP contribution in [0.3, 0.4) is 0 Å². The molecule has 6 atom stereocenters. The highest BCUT2D eigenvalue weighted by Crippen LogP contribution is 2.98. The zero-order valence-electron chi connectivity index (χ0n) is 5.25. The van der Waals surface area contributed by atoms with Crippen LogP contribution in [-0.4, -0.2) is 11.7 Å². The Labute approximate surface area is 54.1 Å². The summed E-state index contributed by atoms with van der Waals surface area (Å²) in [5, 5.41) is 9.08. The van der Waals surface area contributed by atoms with Gasteiger partial charge in [-0.05, 0) is 36.0 Å². The molecule has 0 aromatic rings. The summed E-state index contributed by atoms with van der Waals surface area (Å²) in [4.78, 5) is 0. The van der Waals surface area contributed by atoms with E-state index in [1.165, 1.54) is 6.42 Å². The van der Waals surface area contributed by atoms with Crippen LogP contribution in [0.15, 0.2) is 0 Å². The lowest BCUT2D eigenvalue weighted by Gasteiger charge is -2.21. The molecule has 48 valence electrons. The quantitative estimate of drug-likeness (QED) is 0.536. The van der Waals surface area contributed by atoms with E-state index < -0.39 is 0 Å². The lowest BCUT2D eigenvalue weighted by atomic mass is 9.85. The van der Waals surface area contributed by atoms with Gasteiger partial charge in [0.25, 0.3) is 0 Å². The molecule has 2 bridgehead atoms. The van der Waals surface area contributed by atoms with Crippen molar-refractivity contribution in [2.24, 2.45) is 35.0 Å². The molecule has 0 amide bonds. The summed E-state index contributed by atoms with van der Waals surface area (Å²) < 4.78 is 0. The number of rotatable bonds is 1. The Kier molecular flexibility index (Phi) is 0.323. The van der Waals surface area contributed by atoms with Crippen LogP contribution in [0.1, 0.15) is 6.42 Å². The molecule has 0 saturated heterocycles. The monoisotopic (exact) mass is 122 g/mol. The average molecular weight is 122 g/mol. The molecule has 0 spiro atoms. The second-order valence-corrected chi connectivity index (χ2v) is 4.41. The molecule has 5 aliphatic carbocycles. The van der Waals surface area contributed by atoms with Gasteiger partial charge in [0, 0.05) is 12.0 Å². The highest BCUT2D eigenvalue weighted by atomic mass is 16.3. The van der Waals surface area contributed by atoms with E-state index in [1.807, 2.05) is 0 Å². The van der Waals surface area contributed by atoms with Crippen molar-refractivity contribution in [3.8, 4) is 0 Å². The van der Waals surface area contributed by atoms with Gasteiger partial charge in [-0.3, -0.25) is 0 Å². The van der Waals surface area contributed by atoms with Gasteiger partial charge >= 0.3 is 0 Å². The molecular formula is C8H10O. The molecule has 0 aliphatic heterocycles. The average Bonchev–Trinajstić information content (AvgIpc) is 2.47. The molecule has 0 aromatic carbocycles. The first-order valence-corrected chi connectivity index (χ1v) is 4.02. The Hall–Kier alpha value is -0.0400. The van der Waals surface area contributed by atoms with Crippen molar-refractivity contribution in [1.82, 2.24) is 0 Å². The van der Waals surface area contributed by atoms with E-state index in [-0.39, 0.29) is 0 Å². The number of hydrogen-bond donors (Lipinski definition) is 1. The number of aliphatic hydroxyl groups excluding tert-OH is 1. The minimum atomic E-state index is 0.514. The van der Waals surface area contributed by atoms with Gasteiger partial charge in [0.05, 0.1) is 0 Å². The predicted octanol–water partition coefficient (Wildman–Crippen LogP) is 0.491. The van der Waals surface area contributed by atoms with E-state index in [0.29, 0.717) is 12.0 Å². The third-order valence-electron chi connectivity index (χ3n) is 4.70. The van der Waals surface area contributed by atoms with Crippen LogP contribution < -0.4 is 0 Å². The van der Waals surface area contributed by atoms with Crippen molar-refractivity contribution >= 4 is 0 Å². The highest BCUT2D eigenvalue weighted by molar-refractivity contribution is 5.42. The van der Waals surface area contributed by atoms with Crippen LogP contribution in [0.4, 0.5) is 0 Å². The van der Waals surface area contributed by atoms with Crippen LogP contribution in [0.2, 0.25) is 0 Å². The van der Waals surface area contributed by atoms with Crippen molar-refractivity contribution in [3.63, 3.8) is 0 Å². The first-order chi connectivity index (χ1) is 4.41. The maximum Gasteiger partial charge on any atom is 0.0495 e. The molecule has 5 aliphatic rings. The second kappa shape index (κ2) is 0.731. The standard InChI is InChI=1S/C8H10O/c9-2-8-4-1-3-5(6(3)8)7(4)8/h3-7,9H,1-2H2. The molecule has 9 heavy (non-hydrogen) atoms. The molecule has 0 aromatic heterocycles. The summed E-state index contributed by atoms with van der Waals surface area (Å²) in [6, 6.07) is 0. The van der Waals surface area contributed by atoms with E-state index >= 15 is 0 Å². The fraction of sp³-hybridized carbons (Fsp3) is 1.00. The van der Waals surface area contributed by atoms with Crippen molar-refractivity contribution < 1.29 is 5.11 Å². The Balaban J connectivity index is 1.95. The topological polar surface area (TPSA) is 20.2 Å². The first-order valence-electron chi connectivity index (χ1n) is 4.02. The summed E-state index contributed by atoms with van der Waals surface area (Å²) in [6.45, 7) is 0.514. The SMILES string of the molecule is OCC12C3CC4C(C41)C32. The summed E-state index contributed by atoms with van der Waals surface area (Å²) in [6.07, 6.45) is 1.49. The van der Waals surface area contributed by atoms with Gasteiger partial charge in [-0.1, -0.05) is 0 Å². The van der Waals surface area contributed by atoms with Crippen molar-refractivity contribution in [2.45, 2.75) is 6.42 Å². The van der Waals surface area contributed by atoms with Crippen LogP contribution in [0, 0.1) is 35.0 Å². The largest absolute Gasteiger partial charge is 0.396 e. The van der Waals surface area contributed by atoms with Crippen LogP contribution in [0.25, 0.3) is 0 Å². The van der Waals surface area contributed by atoms with Gasteiger partial charge in [-0.2, -0.15) is 0 Å². The van der Waals surface area contributed by atoms with E-state index in [1.54, 1.807) is 0 Å². The molecule has 0 heterocycles.